The molecule has 0 aliphatic heterocycles. The maximum atomic E-state index is 12.2. The van der Waals surface area contributed by atoms with Gasteiger partial charge in [-0.15, -0.1) is 0 Å². The standard InChI is InChI=1S/C12H14IN5O3/c1-4-18-6-8(10(16-18)12(20)21-3)14-11(19)9-7(13)5-17(2)15-9/h5-6H,4H2,1-3H3,(H,14,19). The first-order chi connectivity index (χ1) is 9.96. The van der Waals surface area contributed by atoms with Gasteiger partial charge in [0.15, 0.2) is 11.4 Å². The van der Waals surface area contributed by atoms with Gasteiger partial charge in [0.05, 0.1) is 16.4 Å². The van der Waals surface area contributed by atoms with Crippen LogP contribution in [0.1, 0.15) is 27.9 Å². The third-order valence-electron chi connectivity index (χ3n) is 2.71. The van der Waals surface area contributed by atoms with E-state index in [-0.39, 0.29) is 11.4 Å². The van der Waals surface area contributed by atoms with E-state index >= 15 is 0 Å². The second kappa shape index (κ2) is 6.24. The molecule has 2 aromatic heterocycles. The summed E-state index contributed by atoms with van der Waals surface area (Å²) in [6.07, 6.45) is 3.31. The summed E-state index contributed by atoms with van der Waals surface area (Å²) >= 11 is 2.02. The third kappa shape index (κ3) is 3.23. The average molecular weight is 403 g/mol. The molecular weight excluding hydrogens is 389 g/mol. The number of esters is 1. The summed E-state index contributed by atoms with van der Waals surface area (Å²) in [5, 5.41) is 10.8. The van der Waals surface area contributed by atoms with Gasteiger partial charge in [-0.05, 0) is 29.5 Å². The average Bonchev–Trinajstić information content (AvgIpc) is 3.01. The van der Waals surface area contributed by atoms with Crippen LogP contribution in [-0.2, 0) is 18.3 Å². The van der Waals surface area contributed by atoms with Crippen molar-refractivity contribution >= 4 is 40.2 Å². The van der Waals surface area contributed by atoms with Crippen LogP contribution < -0.4 is 5.32 Å². The number of nitrogens with zero attached hydrogens (tertiary/aromatic N) is 4. The second-order valence-electron chi connectivity index (χ2n) is 4.19. The van der Waals surface area contributed by atoms with E-state index in [9.17, 15) is 9.59 Å². The Morgan fingerprint density at radius 3 is 2.57 bits per heavy atom. The molecule has 0 aromatic carbocycles. The highest BCUT2D eigenvalue weighted by atomic mass is 127. The third-order valence-corrected chi connectivity index (χ3v) is 3.50. The summed E-state index contributed by atoms with van der Waals surface area (Å²) in [6.45, 7) is 2.45. The molecule has 0 spiro atoms. The van der Waals surface area contributed by atoms with Gasteiger partial charge in [-0.2, -0.15) is 10.2 Å². The Kier molecular flexibility index (Phi) is 4.60. The number of aryl methyl sites for hydroxylation is 2. The van der Waals surface area contributed by atoms with Crippen molar-refractivity contribution in [1.29, 1.82) is 0 Å². The molecule has 0 saturated heterocycles. The van der Waals surface area contributed by atoms with Crippen LogP contribution in [-0.4, -0.2) is 38.5 Å². The normalized spacial score (nSPS) is 10.5. The lowest BCUT2D eigenvalue weighted by molar-refractivity contribution is 0.0594. The molecule has 0 radical (unpaired) electrons. The fraction of sp³-hybridized carbons (Fsp3) is 0.333. The predicted molar refractivity (Wildman–Crippen MR) is 83.1 cm³/mol. The summed E-state index contributed by atoms with van der Waals surface area (Å²) in [4.78, 5) is 23.9. The predicted octanol–water partition coefficient (Wildman–Crippen LogP) is 1.28. The van der Waals surface area contributed by atoms with Gasteiger partial charge in [-0.25, -0.2) is 4.79 Å². The quantitative estimate of drug-likeness (QED) is 0.614. The molecule has 0 fully saturated rings. The Morgan fingerprint density at radius 2 is 2.05 bits per heavy atom. The molecule has 2 heterocycles. The number of hydrogen-bond acceptors (Lipinski definition) is 5. The number of aromatic nitrogens is 4. The molecule has 8 nitrogen and oxygen atoms in total. The van der Waals surface area contributed by atoms with Gasteiger partial charge >= 0.3 is 5.97 Å². The smallest absolute Gasteiger partial charge is 0.360 e. The van der Waals surface area contributed by atoms with E-state index in [1.807, 2.05) is 29.5 Å². The highest BCUT2D eigenvalue weighted by molar-refractivity contribution is 14.1. The fourth-order valence-corrected chi connectivity index (χ4v) is 2.47. The van der Waals surface area contributed by atoms with E-state index < -0.39 is 11.9 Å². The molecule has 112 valence electrons. The number of carbonyl (C=O) groups is 2. The topological polar surface area (TPSA) is 91.0 Å². The lowest BCUT2D eigenvalue weighted by Crippen LogP contribution is -2.16. The van der Waals surface area contributed by atoms with Crippen molar-refractivity contribution < 1.29 is 14.3 Å². The highest BCUT2D eigenvalue weighted by Gasteiger charge is 2.21. The zero-order chi connectivity index (χ0) is 15.6. The van der Waals surface area contributed by atoms with Crippen LogP contribution in [0.3, 0.4) is 0 Å². The molecule has 0 atom stereocenters. The zero-order valence-corrected chi connectivity index (χ0v) is 13.9. The number of carbonyl (C=O) groups excluding carboxylic acids is 2. The van der Waals surface area contributed by atoms with Crippen molar-refractivity contribution in [2.45, 2.75) is 13.5 Å². The molecule has 9 heteroatoms. The highest BCUT2D eigenvalue weighted by Crippen LogP contribution is 2.17. The molecule has 1 amide bonds. The largest absolute Gasteiger partial charge is 0.464 e. The van der Waals surface area contributed by atoms with Gasteiger partial charge in [-0.3, -0.25) is 14.2 Å². The summed E-state index contributed by atoms with van der Waals surface area (Å²) < 4.78 is 8.48. The SMILES string of the molecule is CCn1cc(NC(=O)c2nn(C)cc2I)c(C(=O)OC)n1. The van der Waals surface area contributed by atoms with Crippen molar-refractivity contribution in [3.63, 3.8) is 0 Å². The number of hydrogen-bond donors (Lipinski definition) is 1. The minimum atomic E-state index is -0.604. The molecule has 2 aromatic rings. The second-order valence-corrected chi connectivity index (χ2v) is 5.35. The Hall–Kier alpha value is -1.91. The number of halogens is 1. The monoisotopic (exact) mass is 403 g/mol. The first-order valence-corrected chi connectivity index (χ1v) is 7.20. The summed E-state index contributed by atoms with van der Waals surface area (Å²) in [5.41, 5.74) is 0.659. The number of anilines is 1. The van der Waals surface area contributed by atoms with E-state index in [2.05, 4.69) is 20.3 Å². The first kappa shape index (κ1) is 15.5. The Balaban J connectivity index is 2.30. The number of amides is 1. The molecule has 2 rings (SSSR count). The Morgan fingerprint density at radius 1 is 1.33 bits per heavy atom. The molecule has 0 saturated carbocycles. The van der Waals surface area contributed by atoms with Crippen molar-refractivity contribution in [2.75, 3.05) is 12.4 Å². The van der Waals surface area contributed by atoms with Crippen LogP contribution >= 0.6 is 22.6 Å². The molecule has 1 N–H and O–H groups in total. The van der Waals surface area contributed by atoms with Gasteiger partial charge in [0.1, 0.15) is 0 Å². The van der Waals surface area contributed by atoms with E-state index in [1.54, 1.807) is 28.8 Å². The summed E-state index contributed by atoms with van der Waals surface area (Å²) in [6, 6.07) is 0. The van der Waals surface area contributed by atoms with Gasteiger partial charge in [0.2, 0.25) is 0 Å². The zero-order valence-electron chi connectivity index (χ0n) is 11.8. The molecular formula is C12H14IN5O3. The van der Waals surface area contributed by atoms with Gasteiger partial charge in [0.25, 0.3) is 5.91 Å². The van der Waals surface area contributed by atoms with Gasteiger partial charge in [0, 0.05) is 26.0 Å². The van der Waals surface area contributed by atoms with Crippen molar-refractivity contribution in [3.05, 3.63) is 27.4 Å². The number of methoxy groups -OCH3 is 1. The lowest BCUT2D eigenvalue weighted by atomic mass is 10.3. The minimum absolute atomic E-state index is 0.0682. The molecule has 0 aliphatic rings. The van der Waals surface area contributed by atoms with Crippen molar-refractivity contribution in [2.24, 2.45) is 7.05 Å². The molecule has 21 heavy (non-hydrogen) atoms. The van der Waals surface area contributed by atoms with Crippen molar-refractivity contribution in [3.8, 4) is 0 Å². The van der Waals surface area contributed by atoms with Gasteiger partial charge < -0.3 is 10.1 Å². The van der Waals surface area contributed by atoms with Crippen LogP contribution in [0.2, 0.25) is 0 Å². The van der Waals surface area contributed by atoms with E-state index in [0.29, 0.717) is 12.2 Å². The minimum Gasteiger partial charge on any atom is -0.464 e. The van der Waals surface area contributed by atoms with E-state index in [0.717, 1.165) is 3.57 Å². The van der Waals surface area contributed by atoms with Crippen LogP contribution in [0.4, 0.5) is 5.69 Å². The summed E-state index contributed by atoms with van der Waals surface area (Å²) in [7, 11) is 2.99. The van der Waals surface area contributed by atoms with Crippen LogP contribution in [0.5, 0.6) is 0 Å². The number of ether oxygens (including phenoxy) is 1. The van der Waals surface area contributed by atoms with Crippen LogP contribution in [0.15, 0.2) is 12.4 Å². The van der Waals surface area contributed by atoms with Crippen LogP contribution in [0.25, 0.3) is 0 Å². The van der Waals surface area contributed by atoms with Crippen LogP contribution in [0, 0.1) is 3.57 Å². The van der Waals surface area contributed by atoms with E-state index in [4.69, 9.17) is 0 Å². The lowest BCUT2D eigenvalue weighted by Gasteiger charge is -2.02. The maximum absolute atomic E-state index is 12.2. The molecule has 0 aliphatic carbocycles. The van der Waals surface area contributed by atoms with Crippen molar-refractivity contribution in [1.82, 2.24) is 19.6 Å². The fourth-order valence-electron chi connectivity index (χ4n) is 1.72. The Bertz CT molecular complexity index is 691. The number of nitrogens with one attached hydrogen (secondary N) is 1. The molecule has 0 bridgehead atoms. The summed E-state index contributed by atoms with van der Waals surface area (Å²) in [5.74, 6) is -1.01. The molecule has 0 unspecified atom stereocenters. The first-order valence-electron chi connectivity index (χ1n) is 6.12. The maximum Gasteiger partial charge on any atom is 0.360 e. The number of rotatable bonds is 4. The van der Waals surface area contributed by atoms with Gasteiger partial charge in [-0.1, -0.05) is 0 Å². The Labute approximate surface area is 134 Å². The van der Waals surface area contributed by atoms with E-state index in [1.165, 1.54) is 7.11 Å².